The molecule has 158 valence electrons. The summed E-state index contributed by atoms with van der Waals surface area (Å²) in [6, 6.07) is 10.4. The first-order valence-corrected chi connectivity index (χ1v) is 10.5. The van der Waals surface area contributed by atoms with Crippen molar-refractivity contribution in [2.75, 3.05) is 7.11 Å². The van der Waals surface area contributed by atoms with Gasteiger partial charge in [0.15, 0.2) is 0 Å². The minimum absolute atomic E-state index is 0.0484. The first-order chi connectivity index (χ1) is 14.2. The SMILES string of the molecule is COc1cc(O)cc(-c2cc3ccc(O)cc3o2)c1CC1C2(C)CCC(O2)C1(C)C. The standard InChI is InChI=1S/C25H28O5/c1-24(2)22(25(3)8-7-23(24)30-25)13-18-17(10-16(27)12-20(18)28-4)21-9-14-5-6-15(26)11-19(14)29-21/h5-6,9-12,22-23,26-27H,7-8,13H2,1-4H3. The van der Waals surface area contributed by atoms with Crippen LogP contribution in [-0.4, -0.2) is 29.0 Å². The highest BCUT2D eigenvalue weighted by Crippen LogP contribution is 2.59. The van der Waals surface area contributed by atoms with Crippen LogP contribution in [0, 0.1) is 11.3 Å². The lowest BCUT2D eigenvalue weighted by molar-refractivity contribution is 0.00596. The van der Waals surface area contributed by atoms with Crippen LogP contribution in [0.1, 0.15) is 39.2 Å². The molecule has 0 spiro atoms. The number of phenols is 2. The number of hydrogen-bond acceptors (Lipinski definition) is 5. The van der Waals surface area contributed by atoms with E-state index >= 15 is 0 Å². The van der Waals surface area contributed by atoms with Crippen molar-refractivity contribution in [1.29, 1.82) is 0 Å². The monoisotopic (exact) mass is 408 g/mol. The van der Waals surface area contributed by atoms with Gasteiger partial charge in [0, 0.05) is 28.6 Å². The molecular formula is C25H28O5. The van der Waals surface area contributed by atoms with E-state index in [1.54, 1.807) is 31.4 Å². The number of fused-ring (bicyclic) bond motifs is 3. The number of furan rings is 1. The fourth-order valence-corrected chi connectivity index (χ4v) is 5.73. The highest BCUT2D eigenvalue weighted by molar-refractivity contribution is 5.85. The molecular weight excluding hydrogens is 380 g/mol. The number of methoxy groups -OCH3 is 1. The fourth-order valence-electron chi connectivity index (χ4n) is 5.73. The molecule has 2 aliphatic rings. The van der Waals surface area contributed by atoms with Gasteiger partial charge in [0.05, 0.1) is 18.8 Å². The second kappa shape index (κ2) is 6.42. The molecule has 3 atom stereocenters. The van der Waals surface area contributed by atoms with Gasteiger partial charge in [-0.2, -0.15) is 0 Å². The first-order valence-electron chi connectivity index (χ1n) is 10.5. The zero-order valence-electron chi connectivity index (χ0n) is 17.9. The van der Waals surface area contributed by atoms with Crippen LogP contribution >= 0.6 is 0 Å². The van der Waals surface area contributed by atoms with Crippen LogP contribution in [0.5, 0.6) is 17.2 Å². The Morgan fingerprint density at radius 1 is 1.07 bits per heavy atom. The molecule has 2 fully saturated rings. The molecule has 3 heterocycles. The summed E-state index contributed by atoms with van der Waals surface area (Å²) in [7, 11) is 1.63. The molecule has 3 aromatic rings. The lowest BCUT2D eigenvalue weighted by atomic mass is 9.62. The maximum absolute atomic E-state index is 10.4. The Morgan fingerprint density at radius 3 is 2.57 bits per heavy atom. The third kappa shape index (κ3) is 2.79. The molecule has 5 heteroatoms. The van der Waals surface area contributed by atoms with E-state index in [9.17, 15) is 10.2 Å². The smallest absolute Gasteiger partial charge is 0.138 e. The fraction of sp³-hybridized carbons (Fsp3) is 0.440. The number of phenolic OH excluding ortho intramolecular Hbond substituents is 2. The molecule has 5 nitrogen and oxygen atoms in total. The molecule has 1 aromatic heterocycles. The maximum atomic E-state index is 10.4. The molecule has 30 heavy (non-hydrogen) atoms. The molecule has 2 saturated heterocycles. The van der Waals surface area contributed by atoms with Crippen LogP contribution in [0.4, 0.5) is 0 Å². The van der Waals surface area contributed by atoms with Gasteiger partial charge in [0.1, 0.15) is 28.6 Å². The van der Waals surface area contributed by atoms with Crippen LogP contribution in [0.2, 0.25) is 0 Å². The molecule has 2 bridgehead atoms. The third-order valence-electron chi connectivity index (χ3n) is 7.37. The van der Waals surface area contributed by atoms with E-state index in [1.165, 1.54) is 0 Å². The Balaban J connectivity index is 1.64. The van der Waals surface area contributed by atoms with Gasteiger partial charge in [-0.1, -0.05) is 13.8 Å². The van der Waals surface area contributed by atoms with Crippen molar-refractivity contribution in [3.63, 3.8) is 0 Å². The Bertz CT molecular complexity index is 1120. The van der Waals surface area contributed by atoms with Gasteiger partial charge in [-0.05, 0) is 61.8 Å². The summed E-state index contributed by atoms with van der Waals surface area (Å²) in [5.41, 5.74) is 2.31. The highest BCUT2D eigenvalue weighted by Gasteiger charge is 2.60. The largest absolute Gasteiger partial charge is 0.508 e. The van der Waals surface area contributed by atoms with Crippen LogP contribution in [0.25, 0.3) is 22.3 Å². The Labute approximate surface area is 176 Å². The van der Waals surface area contributed by atoms with Crippen molar-refractivity contribution in [2.24, 2.45) is 11.3 Å². The third-order valence-corrected chi connectivity index (χ3v) is 7.37. The molecule has 3 unspecified atom stereocenters. The van der Waals surface area contributed by atoms with Gasteiger partial charge < -0.3 is 24.1 Å². The van der Waals surface area contributed by atoms with Crippen molar-refractivity contribution in [3.8, 4) is 28.6 Å². The zero-order chi connectivity index (χ0) is 21.3. The molecule has 2 aliphatic heterocycles. The van der Waals surface area contributed by atoms with E-state index in [4.69, 9.17) is 13.9 Å². The predicted octanol–water partition coefficient (Wildman–Crippen LogP) is 5.66. The summed E-state index contributed by atoms with van der Waals surface area (Å²) >= 11 is 0. The predicted molar refractivity (Wildman–Crippen MR) is 115 cm³/mol. The van der Waals surface area contributed by atoms with Crippen LogP contribution in [0.3, 0.4) is 0 Å². The lowest BCUT2D eigenvalue weighted by Crippen LogP contribution is -2.41. The number of rotatable bonds is 4. The Hall–Kier alpha value is -2.66. The average Bonchev–Trinajstić information content (AvgIpc) is 3.34. The van der Waals surface area contributed by atoms with E-state index in [2.05, 4.69) is 20.8 Å². The molecule has 0 radical (unpaired) electrons. The van der Waals surface area contributed by atoms with E-state index < -0.39 is 0 Å². The average molecular weight is 408 g/mol. The van der Waals surface area contributed by atoms with Crippen molar-refractivity contribution >= 4 is 11.0 Å². The van der Waals surface area contributed by atoms with Crippen molar-refractivity contribution < 1.29 is 24.1 Å². The molecule has 0 amide bonds. The number of ether oxygens (including phenoxy) is 2. The summed E-state index contributed by atoms with van der Waals surface area (Å²) in [4.78, 5) is 0. The topological polar surface area (TPSA) is 72.1 Å². The maximum Gasteiger partial charge on any atom is 0.138 e. The first kappa shape index (κ1) is 19.3. The summed E-state index contributed by atoms with van der Waals surface area (Å²) in [5, 5.41) is 21.1. The van der Waals surface area contributed by atoms with Crippen LogP contribution < -0.4 is 4.74 Å². The molecule has 0 aliphatic carbocycles. The summed E-state index contributed by atoms with van der Waals surface area (Å²) in [5.74, 6) is 1.89. The van der Waals surface area contributed by atoms with Crippen LogP contribution in [-0.2, 0) is 11.2 Å². The highest BCUT2D eigenvalue weighted by atomic mass is 16.5. The van der Waals surface area contributed by atoms with Gasteiger partial charge >= 0.3 is 0 Å². The summed E-state index contributed by atoms with van der Waals surface area (Å²) in [6.45, 7) is 6.81. The summed E-state index contributed by atoms with van der Waals surface area (Å²) < 4.78 is 18.2. The molecule has 2 N–H and O–H groups in total. The van der Waals surface area contributed by atoms with Gasteiger partial charge in [0.2, 0.25) is 0 Å². The second-order valence-electron chi connectivity index (χ2n) is 9.54. The van der Waals surface area contributed by atoms with Crippen molar-refractivity contribution in [3.05, 3.63) is 42.0 Å². The molecule has 2 aromatic carbocycles. The summed E-state index contributed by atoms with van der Waals surface area (Å²) in [6.07, 6.45) is 3.20. The normalized spacial score (nSPS) is 27.1. The minimum Gasteiger partial charge on any atom is -0.508 e. The molecule has 5 rings (SSSR count). The quantitative estimate of drug-likeness (QED) is 0.583. The van der Waals surface area contributed by atoms with Crippen molar-refractivity contribution in [2.45, 2.75) is 51.7 Å². The number of aromatic hydroxyl groups is 2. The Kier molecular flexibility index (Phi) is 4.13. The van der Waals surface area contributed by atoms with E-state index in [0.717, 1.165) is 35.8 Å². The van der Waals surface area contributed by atoms with Gasteiger partial charge in [-0.3, -0.25) is 0 Å². The Morgan fingerprint density at radius 2 is 1.87 bits per heavy atom. The van der Waals surface area contributed by atoms with E-state index in [1.807, 2.05) is 12.1 Å². The zero-order valence-corrected chi connectivity index (χ0v) is 17.9. The van der Waals surface area contributed by atoms with Crippen molar-refractivity contribution in [1.82, 2.24) is 0 Å². The lowest BCUT2D eigenvalue weighted by Gasteiger charge is -2.40. The number of benzene rings is 2. The molecule has 0 saturated carbocycles. The van der Waals surface area contributed by atoms with Gasteiger partial charge in [-0.15, -0.1) is 0 Å². The van der Waals surface area contributed by atoms with Crippen LogP contribution in [0.15, 0.2) is 40.8 Å². The van der Waals surface area contributed by atoms with Gasteiger partial charge in [0.25, 0.3) is 0 Å². The minimum atomic E-state index is -0.159. The van der Waals surface area contributed by atoms with Gasteiger partial charge in [-0.25, -0.2) is 0 Å². The van der Waals surface area contributed by atoms with E-state index in [-0.39, 0.29) is 28.6 Å². The second-order valence-corrected chi connectivity index (χ2v) is 9.54. The number of hydrogen-bond donors (Lipinski definition) is 2. The van der Waals surface area contributed by atoms with E-state index in [0.29, 0.717) is 23.0 Å².